The Kier molecular flexibility index (Phi) is 6.91. The van der Waals surface area contributed by atoms with Crippen LogP contribution in [0.5, 0.6) is 11.8 Å². The third kappa shape index (κ3) is 4.67. The standard InChI is InChI=1S/C35H37BrF2N6O2/c36-27-6-3-5-19-10-24(45)11-25(29(19)27)31-30(38)32-26(14-39-31)33(43-16-22-8-9-23(17-43)40-22)42-34(41-32)46-18-35-12-20-4-1-2-7-28(20)44(35)15-21(37)13-35/h3,5-6,10-11,14,20-23,28,40,45H,1-2,4,7-9,12-13,15-18H2/t20-,21+,22?,23?,28-,35-/m1/s1. The van der Waals surface area contributed by atoms with Gasteiger partial charge in [-0.2, -0.15) is 9.97 Å². The number of benzene rings is 2. The fourth-order valence-corrected chi connectivity index (χ4v) is 10.0. The Morgan fingerprint density at radius 3 is 2.72 bits per heavy atom. The molecule has 0 amide bonds. The molecule has 2 aromatic heterocycles. The summed E-state index contributed by atoms with van der Waals surface area (Å²) in [6, 6.07) is 10.0. The molecule has 2 unspecified atom stereocenters. The fourth-order valence-electron chi connectivity index (χ4n) is 9.45. The van der Waals surface area contributed by atoms with Crippen LogP contribution in [0.1, 0.15) is 51.4 Å². The molecule has 2 aromatic carbocycles. The Bertz CT molecular complexity index is 1850. The molecule has 9 rings (SSSR count). The van der Waals surface area contributed by atoms with E-state index in [0.29, 0.717) is 53.8 Å². The SMILES string of the molecule is Oc1cc(-c2ncc3c(N4CC5CCC(C4)N5)nc(OC[C@@]45C[C@H](F)CN4[C@@H]4CCCC[C@@H]4C5)nc3c2F)c2c(Br)cccc2c1. The average Bonchev–Trinajstić information content (AvgIpc) is 3.66. The molecule has 2 N–H and O–H groups in total. The molecule has 46 heavy (non-hydrogen) atoms. The molecule has 6 atom stereocenters. The number of nitrogens with one attached hydrogen (secondary N) is 1. The van der Waals surface area contributed by atoms with E-state index in [1.807, 2.05) is 18.2 Å². The minimum atomic E-state index is -0.876. The molecule has 5 fully saturated rings. The van der Waals surface area contributed by atoms with E-state index in [0.717, 1.165) is 54.0 Å². The second-order valence-electron chi connectivity index (χ2n) is 14.2. The van der Waals surface area contributed by atoms with E-state index in [1.54, 1.807) is 18.3 Å². The second-order valence-corrected chi connectivity index (χ2v) is 15.0. The highest BCUT2D eigenvalue weighted by atomic mass is 79.9. The number of phenolic OH excluding ortho intramolecular Hbond substituents is 1. The fraction of sp³-hybridized carbons (Fsp3) is 0.514. The number of anilines is 1. The van der Waals surface area contributed by atoms with Gasteiger partial charge >= 0.3 is 6.01 Å². The number of alkyl halides is 1. The van der Waals surface area contributed by atoms with Gasteiger partial charge in [0.25, 0.3) is 0 Å². The lowest BCUT2D eigenvalue weighted by molar-refractivity contribution is 0.0775. The molecule has 4 aromatic rings. The molecular weight excluding hydrogens is 654 g/mol. The average molecular weight is 692 g/mol. The Hall–Kier alpha value is -3.15. The number of fused-ring (bicyclic) bond motifs is 7. The molecule has 5 aliphatic rings. The molecule has 2 bridgehead atoms. The zero-order chi connectivity index (χ0) is 31.2. The summed E-state index contributed by atoms with van der Waals surface area (Å²) in [5.41, 5.74) is 0.300. The van der Waals surface area contributed by atoms with Crippen molar-refractivity contribution in [1.29, 1.82) is 0 Å². The van der Waals surface area contributed by atoms with Crippen molar-refractivity contribution in [3.63, 3.8) is 0 Å². The first-order chi connectivity index (χ1) is 22.3. The number of aromatic nitrogens is 3. The van der Waals surface area contributed by atoms with Gasteiger partial charge in [0.05, 0.1) is 10.9 Å². The summed E-state index contributed by atoms with van der Waals surface area (Å²) >= 11 is 3.62. The van der Waals surface area contributed by atoms with Gasteiger partial charge in [0.2, 0.25) is 0 Å². The summed E-state index contributed by atoms with van der Waals surface area (Å²) in [4.78, 5) is 18.8. The predicted molar refractivity (Wildman–Crippen MR) is 177 cm³/mol. The van der Waals surface area contributed by atoms with Gasteiger partial charge < -0.3 is 20.1 Å². The van der Waals surface area contributed by atoms with Crippen LogP contribution in [0.4, 0.5) is 14.6 Å². The van der Waals surface area contributed by atoms with Gasteiger partial charge in [-0.25, -0.2) is 8.78 Å². The smallest absolute Gasteiger partial charge is 0.319 e. The second kappa shape index (κ2) is 11.0. The van der Waals surface area contributed by atoms with Gasteiger partial charge in [-0.15, -0.1) is 0 Å². The number of hydrogen-bond donors (Lipinski definition) is 2. The van der Waals surface area contributed by atoms with Gasteiger partial charge in [-0.05, 0) is 61.6 Å². The molecule has 0 spiro atoms. The van der Waals surface area contributed by atoms with Crippen LogP contribution in [0.15, 0.2) is 41.0 Å². The molecule has 240 valence electrons. The van der Waals surface area contributed by atoms with Gasteiger partial charge in [-0.1, -0.05) is 40.9 Å². The Balaban J connectivity index is 1.15. The predicted octanol–water partition coefficient (Wildman–Crippen LogP) is 6.52. The minimum Gasteiger partial charge on any atom is -0.508 e. The van der Waals surface area contributed by atoms with Crippen LogP contribution in [0.25, 0.3) is 32.9 Å². The zero-order valence-electron chi connectivity index (χ0n) is 25.6. The number of rotatable bonds is 5. The quantitative estimate of drug-likeness (QED) is 0.245. The number of halogens is 3. The summed E-state index contributed by atoms with van der Waals surface area (Å²) in [7, 11) is 0. The highest BCUT2D eigenvalue weighted by molar-refractivity contribution is 9.10. The van der Waals surface area contributed by atoms with E-state index in [9.17, 15) is 9.50 Å². The third-order valence-corrected chi connectivity index (χ3v) is 12.0. The van der Waals surface area contributed by atoms with E-state index in [4.69, 9.17) is 14.7 Å². The van der Waals surface area contributed by atoms with Crippen LogP contribution in [-0.4, -0.2) is 81.0 Å². The minimum absolute atomic E-state index is 0.0225. The molecule has 11 heteroatoms. The number of piperazine rings is 1. The lowest BCUT2D eigenvalue weighted by Gasteiger charge is -2.36. The Morgan fingerprint density at radius 1 is 1.04 bits per heavy atom. The number of phenols is 1. The van der Waals surface area contributed by atoms with Gasteiger partial charge in [0, 0.05) is 65.8 Å². The van der Waals surface area contributed by atoms with Crippen molar-refractivity contribution in [3.8, 4) is 23.0 Å². The Labute approximate surface area is 274 Å². The van der Waals surface area contributed by atoms with Gasteiger partial charge in [0.1, 0.15) is 35.6 Å². The molecule has 4 aliphatic heterocycles. The van der Waals surface area contributed by atoms with E-state index in [1.165, 1.54) is 19.3 Å². The zero-order valence-corrected chi connectivity index (χ0v) is 27.1. The van der Waals surface area contributed by atoms with Gasteiger partial charge in [0.15, 0.2) is 5.82 Å². The molecule has 4 saturated heterocycles. The first kappa shape index (κ1) is 29.0. The Morgan fingerprint density at radius 2 is 1.87 bits per heavy atom. The lowest BCUT2D eigenvalue weighted by Crippen LogP contribution is -2.51. The summed E-state index contributed by atoms with van der Waals surface area (Å²) in [6.45, 7) is 2.23. The summed E-state index contributed by atoms with van der Waals surface area (Å²) in [5, 5.41) is 16.3. The van der Waals surface area contributed by atoms with Crippen molar-refractivity contribution in [2.45, 2.75) is 81.2 Å². The largest absolute Gasteiger partial charge is 0.508 e. The molecule has 1 aliphatic carbocycles. The van der Waals surface area contributed by atoms with E-state index in [2.05, 4.69) is 36.0 Å². The monoisotopic (exact) mass is 690 g/mol. The third-order valence-electron chi connectivity index (χ3n) is 11.3. The maximum absolute atomic E-state index is 16.9. The van der Waals surface area contributed by atoms with E-state index in [-0.39, 0.29) is 35.1 Å². The molecule has 6 heterocycles. The number of ether oxygens (including phenoxy) is 1. The van der Waals surface area contributed by atoms with Crippen molar-refractivity contribution in [1.82, 2.24) is 25.2 Å². The van der Waals surface area contributed by atoms with Crippen molar-refractivity contribution < 1.29 is 18.6 Å². The summed E-state index contributed by atoms with van der Waals surface area (Å²) in [5.74, 6) is 0.608. The van der Waals surface area contributed by atoms with Crippen LogP contribution in [0.2, 0.25) is 0 Å². The first-order valence-electron chi connectivity index (χ1n) is 16.7. The first-order valence-corrected chi connectivity index (χ1v) is 17.5. The molecular formula is C35H37BrF2N6O2. The summed E-state index contributed by atoms with van der Waals surface area (Å²) in [6.07, 6.45) is 9.04. The lowest BCUT2D eigenvalue weighted by atomic mass is 9.81. The van der Waals surface area contributed by atoms with E-state index < -0.39 is 12.0 Å². The maximum atomic E-state index is 16.9. The summed E-state index contributed by atoms with van der Waals surface area (Å²) < 4.78 is 39.1. The number of pyridine rings is 1. The number of nitrogens with zero attached hydrogens (tertiary/aromatic N) is 5. The van der Waals surface area contributed by atoms with Gasteiger partial charge in [-0.3, -0.25) is 9.88 Å². The highest BCUT2D eigenvalue weighted by Gasteiger charge is 2.57. The van der Waals surface area contributed by atoms with Crippen LogP contribution < -0.4 is 15.0 Å². The van der Waals surface area contributed by atoms with E-state index >= 15 is 4.39 Å². The topological polar surface area (TPSA) is 86.6 Å². The van der Waals surface area contributed by atoms with Crippen LogP contribution in [0, 0.1) is 11.7 Å². The van der Waals surface area contributed by atoms with Crippen molar-refractivity contribution in [2.75, 3.05) is 31.1 Å². The highest BCUT2D eigenvalue weighted by Crippen LogP contribution is 2.51. The van der Waals surface area contributed by atoms with Crippen LogP contribution >= 0.6 is 15.9 Å². The number of hydrogen-bond acceptors (Lipinski definition) is 8. The molecule has 0 radical (unpaired) electrons. The van der Waals surface area contributed by atoms with Crippen molar-refractivity contribution in [3.05, 3.63) is 46.8 Å². The molecule has 1 saturated carbocycles. The van der Waals surface area contributed by atoms with Crippen molar-refractivity contribution >= 4 is 43.4 Å². The van der Waals surface area contributed by atoms with Crippen LogP contribution in [-0.2, 0) is 0 Å². The maximum Gasteiger partial charge on any atom is 0.319 e. The molecule has 8 nitrogen and oxygen atoms in total. The van der Waals surface area contributed by atoms with Crippen molar-refractivity contribution in [2.24, 2.45) is 5.92 Å². The number of aromatic hydroxyl groups is 1. The van der Waals surface area contributed by atoms with Crippen LogP contribution in [0.3, 0.4) is 0 Å². The normalized spacial score (nSPS) is 30.7.